The molecule has 0 saturated heterocycles. The maximum Gasteiger partial charge on any atom is 1.00 e. The average molecular weight is 203 g/mol. The minimum Gasteiger partial charge on any atom is -0.273 e. The summed E-state index contributed by atoms with van der Waals surface area (Å²) in [5.74, 6) is 0. The van der Waals surface area contributed by atoms with E-state index in [1.165, 1.54) is 0 Å². The van der Waals surface area contributed by atoms with E-state index in [1.54, 1.807) is 0 Å². The van der Waals surface area contributed by atoms with Crippen molar-refractivity contribution in [3.63, 3.8) is 0 Å². The van der Waals surface area contributed by atoms with Gasteiger partial charge in [-0.25, -0.2) is 12.2 Å². The molecule has 0 unspecified atom stereocenters. The molecule has 41 valence electrons. The van der Waals surface area contributed by atoms with Crippen molar-refractivity contribution in [1.29, 1.82) is 0 Å². The van der Waals surface area contributed by atoms with Crippen LogP contribution in [0.5, 0.6) is 0 Å². The van der Waals surface area contributed by atoms with Crippen LogP contribution in [0.15, 0.2) is 18.2 Å². The summed E-state index contributed by atoms with van der Waals surface area (Å²) in [6.07, 6.45) is 10.0. The van der Waals surface area contributed by atoms with Crippen LogP contribution >= 0.6 is 12.4 Å². The molecule has 0 aromatic rings. The first-order valence-electron chi connectivity index (χ1n) is 1.72. The molecule has 0 spiro atoms. The summed E-state index contributed by atoms with van der Waals surface area (Å²) >= 11 is 0. The second-order valence-electron chi connectivity index (χ2n) is 1.00. The molecule has 0 aliphatic heterocycles. The van der Waals surface area contributed by atoms with Crippen molar-refractivity contribution in [1.82, 2.24) is 0 Å². The molecule has 2 heteroatoms. The van der Waals surface area contributed by atoms with Gasteiger partial charge in [0.05, 0.1) is 0 Å². The minimum atomic E-state index is 0. The Balaban J connectivity index is 0. The fourth-order valence-corrected chi connectivity index (χ4v) is 0.340. The summed E-state index contributed by atoms with van der Waals surface area (Å²) in [5, 5.41) is 0. The Morgan fingerprint density at radius 1 is 1.43 bits per heavy atom. The first kappa shape index (κ1) is 10.4. The molecule has 0 N–H and O–H groups in total. The standard InChI is InChI=1S/C5H5.ClH.Ru/c1-2-4-5-3-1;;/h1-3H,4H2;1H;/q-1;;+1. The van der Waals surface area contributed by atoms with Gasteiger partial charge in [-0.05, 0) is 0 Å². The molecule has 7 heavy (non-hydrogen) atoms. The molecule has 0 aromatic heterocycles. The third kappa shape index (κ3) is 4.24. The fourth-order valence-electron chi connectivity index (χ4n) is 0.340. The van der Waals surface area contributed by atoms with Crippen molar-refractivity contribution in [2.24, 2.45) is 0 Å². The molecule has 1 radical (unpaired) electrons. The van der Waals surface area contributed by atoms with Gasteiger partial charge >= 0.3 is 19.5 Å². The maximum absolute atomic E-state index is 2.99. The quantitative estimate of drug-likeness (QED) is 0.415. The van der Waals surface area contributed by atoms with Crippen LogP contribution in [0.25, 0.3) is 0 Å². The second kappa shape index (κ2) is 6.39. The van der Waals surface area contributed by atoms with E-state index in [9.17, 15) is 0 Å². The largest absolute Gasteiger partial charge is 1.00 e. The molecule has 0 saturated carbocycles. The van der Waals surface area contributed by atoms with Gasteiger partial charge in [0.2, 0.25) is 0 Å². The zero-order valence-corrected chi connectivity index (χ0v) is 6.26. The number of rotatable bonds is 0. The van der Waals surface area contributed by atoms with Crippen molar-refractivity contribution < 1.29 is 19.5 Å². The van der Waals surface area contributed by atoms with Crippen LogP contribution in [0.3, 0.4) is 0 Å². The summed E-state index contributed by atoms with van der Waals surface area (Å²) in [5.41, 5.74) is 0. The Morgan fingerprint density at radius 2 is 2.14 bits per heavy atom. The van der Waals surface area contributed by atoms with Gasteiger partial charge in [-0.2, -0.15) is 6.08 Å². The van der Waals surface area contributed by atoms with Crippen molar-refractivity contribution in [3.05, 3.63) is 24.3 Å². The fraction of sp³-hybridized carbons (Fsp3) is 0.200. The summed E-state index contributed by atoms with van der Waals surface area (Å²) in [6.45, 7) is 0. The number of allylic oxidation sites excluding steroid dienone is 4. The molecular formula is C5H6ClRu. The summed E-state index contributed by atoms with van der Waals surface area (Å²) in [6, 6.07) is 0. The first-order valence-corrected chi connectivity index (χ1v) is 1.72. The van der Waals surface area contributed by atoms with Crippen LogP contribution in [-0.4, -0.2) is 0 Å². The number of hydrogen-bond acceptors (Lipinski definition) is 0. The Labute approximate surface area is 62.9 Å². The van der Waals surface area contributed by atoms with Gasteiger partial charge in [-0.15, -0.1) is 18.8 Å². The monoisotopic (exact) mass is 203 g/mol. The van der Waals surface area contributed by atoms with Crippen molar-refractivity contribution >= 4 is 12.4 Å². The van der Waals surface area contributed by atoms with Gasteiger partial charge in [-0.3, -0.25) is 6.08 Å². The predicted octanol–water partition coefficient (Wildman–Crippen LogP) is 1.72. The van der Waals surface area contributed by atoms with Crippen molar-refractivity contribution in [2.45, 2.75) is 6.42 Å². The van der Waals surface area contributed by atoms with E-state index >= 15 is 0 Å². The Hall–Kier alpha value is 0.393. The summed E-state index contributed by atoms with van der Waals surface area (Å²) < 4.78 is 0. The van der Waals surface area contributed by atoms with Gasteiger partial charge in [0, 0.05) is 0 Å². The van der Waals surface area contributed by atoms with Crippen LogP contribution in [-0.2, 0) is 19.5 Å². The van der Waals surface area contributed by atoms with E-state index in [2.05, 4.69) is 12.2 Å². The Kier molecular flexibility index (Phi) is 9.49. The second-order valence-corrected chi connectivity index (χ2v) is 1.00. The Bertz CT molecular complexity index is 66.1. The van der Waals surface area contributed by atoms with E-state index in [1.807, 2.05) is 12.2 Å². The molecule has 0 atom stereocenters. The molecule has 0 amide bonds. The van der Waals surface area contributed by atoms with Gasteiger partial charge in [0.1, 0.15) is 0 Å². The molecule has 1 aliphatic rings. The third-order valence-electron chi connectivity index (χ3n) is 0.586. The SMILES string of the molecule is Cl.[C-]1=CC=CC1.[Ru+]. The van der Waals surface area contributed by atoms with Gasteiger partial charge in [0.15, 0.2) is 0 Å². The van der Waals surface area contributed by atoms with Gasteiger partial charge in [0.25, 0.3) is 0 Å². The van der Waals surface area contributed by atoms with Crippen molar-refractivity contribution in [3.8, 4) is 0 Å². The zero-order valence-electron chi connectivity index (χ0n) is 3.70. The van der Waals surface area contributed by atoms with Gasteiger partial charge < -0.3 is 0 Å². The third-order valence-corrected chi connectivity index (χ3v) is 0.586. The van der Waals surface area contributed by atoms with Crippen LogP contribution in [0.1, 0.15) is 6.42 Å². The summed E-state index contributed by atoms with van der Waals surface area (Å²) in [4.78, 5) is 0. The van der Waals surface area contributed by atoms with Crippen LogP contribution in [0, 0.1) is 6.08 Å². The van der Waals surface area contributed by atoms with Crippen LogP contribution in [0.4, 0.5) is 0 Å². The van der Waals surface area contributed by atoms with E-state index in [4.69, 9.17) is 0 Å². The normalized spacial score (nSPS) is 12.6. The average Bonchev–Trinajstić information content (AvgIpc) is 1.76. The van der Waals surface area contributed by atoms with Crippen molar-refractivity contribution in [2.75, 3.05) is 0 Å². The molecule has 0 aromatic carbocycles. The van der Waals surface area contributed by atoms with Crippen LogP contribution in [0.2, 0.25) is 0 Å². The van der Waals surface area contributed by atoms with E-state index in [0.717, 1.165) is 6.42 Å². The molecule has 0 nitrogen and oxygen atoms in total. The van der Waals surface area contributed by atoms with Gasteiger partial charge in [-0.1, -0.05) is 0 Å². The number of hydrogen-bond donors (Lipinski definition) is 0. The maximum atomic E-state index is 2.99. The molecule has 1 aliphatic carbocycles. The smallest absolute Gasteiger partial charge is 0.273 e. The zero-order chi connectivity index (χ0) is 3.54. The molecule has 1 rings (SSSR count). The van der Waals surface area contributed by atoms with E-state index in [0.29, 0.717) is 0 Å². The summed E-state index contributed by atoms with van der Waals surface area (Å²) in [7, 11) is 0. The Morgan fingerprint density at radius 3 is 2.29 bits per heavy atom. The molecule has 0 heterocycles. The molecular weight excluding hydrogens is 197 g/mol. The predicted molar refractivity (Wildman–Crippen MR) is 28.8 cm³/mol. The first-order chi connectivity index (χ1) is 2.50. The minimum absolute atomic E-state index is 0. The van der Waals surface area contributed by atoms with Crippen LogP contribution < -0.4 is 0 Å². The van der Waals surface area contributed by atoms with E-state index in [-0.39, 0.29) is 31.9 Å². The topological polar surface area (TPSA) is 0 Å². The molecule has 0 bridgehead atoms. The molecule has 0 fully saturated rings. The van der Waals surface area contributed by atoms with E-state index < -0.39 is 0 Å². The number of halogens is 1.